The van der Waals surface area contributed by atoms with E-state index in [1.54, 1.807) is 36.4 Å². The average Bonchev–Trinajstić information content (AvgIpc) is 4.36. The molecule has 0 saturated carbocycles. The predicted octanol–water partition coefficient (Wildman–Crippen LogP) is 9.78. The van der Waals surface area contributed by atoms with Crippen molar-refractivity contribution in [2.45, 2.75) is 63.1 Å². The van der Waals surface area contributed by atoms with E-state index >= 15 is 4.57 Å². The summed E-state index contributed by atoms with van der Waals surface area (Å²) in [4.78, 5) is 0. The molecule has 12 nitrogen and oxygen atoms in total. The van der Waals surface area contributed by atoms with Gasteiger partial charge in [-0.15, -0.1) is 0 Å². The second-order valence-corrected chi connectivity index (χ2v) is 21.6. The Balaban J connectivity index is 0.829. The molecule has 0 aromatic heterocycles. The topological polar surface area (TPSA) is 147 Å². The molecule has 372 valence electrons. The molecule has 3 heterocycles. The number of aliphatic hydroxyl groups is 2. The fourth-order valence-electron chi connectivity index (χ4n) is 8.74. The first-order valence-corrected chi connectivity index (χ1v) is 25.9. The van der Waals surface area contributed by atoms with Crippen LogP contribution in [0.15, 0.2) is 164 Å². The first-order valence-electron chi connectivity index (χ1n) is 24.3. The van der Waals surface area contributed by atoms with Crippen LogP contribution in [0.1, 0.15) is 49.9 Å². The standard InChI is InChI=1S/C59H59O12P/c1-58(2,40-14-10-18-45(28-40)64-34-49-36-66-49)39-13-9-17-44(27-39)63-32-43(60)33-69-54-26-25-47(31-56(54)72(62)55-24-8-6-22-52(55)51-21-5-7-23-53(51)71-72)68-38-57(61)70-48-20-12-16-42(30-48)59(3,4)41-15-11-19-46(29-41)65-35-50-37-67-50/h5-31,43,49-50,57,60-61H,32-38H2,1-4H3. The van der Waals surface area contributed by atoms with Crippen molar-refractivity contribution in [3.8, 4) is 51.4 Å². The summed E-state index contributed by atoms with van der Waals surface area (Å²) in [6.45, 7) is 10.5. The van der Waals surface area contributed by atoms with E-state index in [0.717, 1.165) is 58.1 Å². The monoisotopic (exact) mass is 990 g/mol. The van der Waals surface area contributed by atoms with Crippen molar-refractivity contribution >= 4 is 18.0 Å². The second-order valence-electron chi connectivity index (χ2n) is 19.3. The first-order chi connectivity index (χ1) is 34.8. The maximum atomic E-state index is 15.6. The van der Waals surface area contributed by atoms with E-state index in [4.69, 9.17) is 42.4 Å². The number of fused-ring (bicyclic) bond motifs is 3. The lowest BCUT2D eigenvalue weighted by atomic mass is 9.78. The van der Waals surface area contributed by atoms with Crippen molar-refractivity contribution in [3.63, 3.8) is 0 Å². The fourth-order valence-corrected chi connectivity index (χ4v) is 11.2. The van der Waals surface area contributed by atoms with E-state index < -0.39 is 25.2 Å². The van der Waals surface area contributed by atoms with Gasteiger partial charge in [-0.2, -0.15) is 0 Å². The second kappa shape index (κ2) is 20.7. The lowest BCUT2D eigenvalue weighted by Gasteiger charge is -2.30. The van der Waals surface area contributed by atoms with Gasteiger partial charge in [-0.05, 0) is 107 Å². The average molecular weight is 991 g/mol. The summed E-state index contributed by atoms with van der Waals surface area (Å²) >= 11 is 0. The van der Waals surface area contributed by atoms with Crippen LogP contribution in [0.2, 0.25) is 0 Å². The van der Waals surface area contributed by atoms with Crippen molar-refractivity contribution in [2.75, 3.05) is 46.2 Å². The molecule has 5 unspecified atom stereocenters. The molecule has 0 radical (unpaired) electrons. The highest BCUT2D eigenvalue weighted by Gasteiger charge is 2.41. The Labute approximate surface area is 420 Å². The van der Waals surface area contributed by atoms with Crippen LogP contribution in [0.25, 0.3) is 11.1 Å². The summed E-state index contributed by atoms with van der Waals surface area (Å²) in [7, 11) is -3.93. The smallest absolute Gasteiger partial charge is 0.311 e. The van der Waals surface area contributed by atoms with E-state index in [9.17, 15) is 10.2 Å². The van der Waals surface area contributed by atoms with Crippen LogP contribution in [0.3, 0.4) is 0 Å². The maximum Gasteiger partial charge on any atom is 0.311 e. The van der Waals surface area contributed by atoms with Gasteiger partial charge < -0.3 is 52.6 Å². The molecule has 2 fully saturated rings. The fraction of sp³-hybridized carbons (Fsp3) is 0.288. The van der Waals surface area contributed by atoms with Gasteiger partial charge in [0.15, 0.2) is 6.61 Å². The summed E-state index contributed by atoms with van der Waals surface area (Å²) in [5.74, 6) is 3.59. The largest absolute Gasteiger partial charge is 0.491 e. The Morgan fingerprint density at radius 3 is 1.57 bits per heavy atom. The molecule has 10 rings (SSSR count). The molecule has 2 saturated heterocycles. The van der Waals surface area contributed by atoms with Crippen LogP contribution in [-0.2, 0) is 24.9 Å². The normalized spacial score (nSPS) is 18.6. The number of hydrogen-bond donors (Lipinski definition) is 2. The van der Waals surface area contributed by atoms with Gasteiger partial charge in [0.25, 0.3) is 0 Å². The Hall–Kier alpha value is -6.79. The first kappa shape index (κ1) is 48.8. The summed E-state index contributed by atoms with van der Waals surface area (Å²) < 4.78 is 69.2. The van der Waals surface area contributed by atoms with Crippen molar-refractivity contribution in [1.82, 2.24) is 0 Å². The summed E-state index contributed by atoms with van der Waals surface area (Å²) in [5, 5.41) is 23.2. The predicted molar refractivity (Wildman–Crippen MR) is 275 cm³/mol. The van der Waals surface area contributed by atoms with Crippen molar-refractivity contribution in [3.05, 3.63) is 186 Å². The Morgan fingerprint density at radius 1 is 0.514 bits per heavy atom. The Bertz CT molecular complexity index is 3070. The molecule has 2 N–H and O–H groups in total. The van der Waals surface area contributed by atoms with Crippen LogP contribution < -0.4 is 43.6 Å². The molecule has 0 aliphatic carbocycles. The van der Waals surface area contributed by atoms with Gasteiger partial charge in [-0.25, -0.2) is 0 Å². The van der Waals surface area contributed by atoms with Gasteiger partial charge in [0.1, 0.15) is 85.0 Å². The van der Waals surface area contributed by atoms with Gasteiger partial charge in [0.05, 0.1) is 23.8 Å². The molecular formula is C59H59O12P. The van der Waals surface area contributed by atoms with Crippen LogP contribution >= 0.6 is 7.37 Å². The summed E-state index contributed by atoms with van der Waals surface area (Å²) in [5.41, 5.74) is 4.91. The molecule has 5 atom stereocenters. The van der Waals surface area contributed by atoms with Crippen LogP contribution in [0.4, 0.5) is 0 Å². The minimum absolute atomic E-state index is 0.0751. The van der Waals surface area contributed by atoms with E-state index in [-0.39, 0.29) is 48.5 Å². The highest BCUT2D eigenvalue weighted by molar-refractivity contribution is 7.75. The number of hydrogen-bond acceptors (Lipinski definition) is 12. The number of para-hydroxylation sites is 1. The number of benzene rings is 7. The molecule has 13 heteroatoms. The number of epoxide rings is 2. The molecule has 3 aliphatic rings. The lowest BCUT2D eigenvalue weighted by molar-refractivity contribution is -0.0479. The summed E-state index contributed by atoms with van der Waals surface area (Å²) in [6, 6.07) is 51.3. The van der Waals surface area contributed by atoms with Crippen molar-refractivity contribution in [1.29, 1.82) is 0 Å². The van der Waals surface area contributed by atoms with E-state index in [0.29, 0.717) is 41.5 Å². The lowest BCUT2D eigenvalue weighted by Crippen LogP contribution is -2.30. The van der Waals surface area contributed by atoms with E-state index in [1.165, 1.54) is 0 Å². The van der Waals surface area contributed by atoms with Crippen LogP contribution in [0, 0.1) is 0 Å². The quantitative estimate of drug-likeness (QED) is 0.0379. The molecule has 7 aromatic carbocycles. The number of ether oxygens (including phenoxy) is 8. The third kappa shape index (κ3) is 11.1. The zero-order valence-electron chi connectivity index (χ0n) is 40.8. The van der Waals surface area contributed by atoms with E-state index in [2.05, 4.69) is 52.0 Å². The molecule has 7 aromatic rings. The molecule has 3 aliphatic heterocycles. The molecule has 0 amide bonds. The molecule has 0 bridgehead atoms. The maximum absolute atomic E-state index is 15.6. The van der Waals surface area contributed by atoms with Crippen molar-refractivity contribution in [2.24, 2.45) is 0 Å². The van der Waals surface area contributed by atoms with Gasteiger partial charge in [0, 0.05) is 16.4 Å². The highest BCUT2D eigenvalue weighted by Crippen LogP contribution is 2.55. The SMILES string of the molecule is CC(C)(c1cccc(OCC(O)COc2ccc(OCC(O)Oc3cccc(C(C)(C)c4cccc(OCC5CO5)c4)c3)cc2P2(=O)Oc3ccccc3-c3ccccc32)c1)c1cccc(OCC2CO2)c1. The minimum Gasteiger partial charge on any atom is -0.491 e. The molecule has 0 spiro atoms. The van der Waals surface area contributed by atoms with E-state index in [1.807, 2.05) is 103 Å². The van der Waals surface area contributed by atoms with Gasteiger partial charge in [0.2, 0.25) is 6.29 Å². The number of aliphatic hydroxyl groups excluding tert-OH is 2. The molecular weight excluding hydrogens is 932 g/mol. The third-order valence-electron chi connectivity index (χ3n) is 13.3. The zero-order chi connectivity index (χ0) is 49.9. The van der Waals surface area contributed by atoms with Gasteiger partial charge in [-0.3, -0.25) is 4.57 Å². The third-order valence-corrected chi connectivity index (χ3v) is 15.8. The summed E-state index contributed by atoms with van der Waals surface area (Å²) in [6.07, 6.45) is -2.11. The van der Waals surface area contributed by atoms with Crippen LogP contribution in [-0.4, -0.2) is 81.1 Å². The highest BCUT2D eigenvalue weighted by atomic mass is 31.2. The number of rotatable bonds is 22. The Kier molecular flexibility index (Phi) is 14.1. The van der Waals surface area contributed by atoms with Crippen molar-refractivity contribution < 1.29 is 57.2 Å². The Morgan fingerprint density at radius 2 is 0.986 bits per heavy atom. The van der Waals surface area contributed by atoms with Gasteiger partial charge >= 0.3 is 7.37 Å². The molecule has 72 heavy (non-hydrogen) atoms. The minimum atomic E-state index is -3.93. The van der Waals surface area contributed by atoms with Gasteiger partial charge in [-0.1, -0.05) is 113 Å². The zero-order valence-corrected chi connectivity index (χ0v) is 41.7. The van der Waals surface area contributed by atoms with Crippen LogP contribution in [0.5, 0.6) is 40.2 Å².